The first-order valence-electron chi connectivity index (χ1n) is 4.61. The Morgan fingerprint density at radius 1 is 1.55 bits per heavy atom. The number of hydrogen-bond acceptors (Lipinski definition) is 2. The van der Waals surface area contributed by atoms with Gasteiger partial charge in [-0.15, -0.1) is 0 Å². The van der Waals surface area contributed by atoms with E-state index in [1.165, 1.54) is 13.0 Å². The summed E-state index contributed by atoms with van der Waals surface area (Å²) in [5.74, 6) is 1.56. The molecule has 3 unspecified atom stereocenters. The number of nitrogens with zero attached hydrogens (tertiary/aromatic N) is 1. The molecule has 2 heteroatoms. The van der Waals surface area contributed by atoms with E-state index < -0.39 is 0 Å². The molecule has 1 fully saturated rings. The van der Waals surface area contributed by atoms with Crippen molar-refractivity contribution in [2.75, 3.05) is 20.1 Å². The zero-order chi connectivity index (χ0) is 8.43. The molecular formula is C9H20N2. The lowest BCUT2D eigenvalue weighted by Gasteiger charge is -2.20. The number of likely N-dealkylation sites (tertiary alicyclic amines) is 1. The molecule has 1 heterocycles. The topological polar surface area (TPSA) is 29.3 Å². The van der Waals surface area contributed by atoms with Crippen molar-refractivity contribution < 1.29 is 0 Å². The Hall–Kier alpha value is -0.0800. The van der Waals surface area contributed by atoms with Crippen LogP contribution in [0.25, 0.3) is 0 Å². The standard InChI is InChI=1S/C9H20N2/c1-4-9-7(2)11(3)6-8(9)5-10/h7-9H,4-6,10H2,1-3H3. The summed E-state index contributed by atoms with van der Waals surface area (Å²) in [5.41, 5.74) is 5.70. The molecule has 0 radical (unpaired) electrons. The monoisotopic (exact) mass is 156 g/mol. The first-order valence-corrected chi connectivity index (χ1v) is 4.61. The quantitative estimate of drug-likeness (QED) is 0.644. The van der Waals surface area contributed by atoms with Crippen LogP contribution in [0.15, 0.2) is 0 Å². The molecule has 0 aromatic carbocycles. The van der Waals surface area contributed by atoms with Crippen LogP contribution in [0.1, 0.15) is 20.3 Å². The highest BCUT2D eigenvalue weighted by Crippen LogP contribution is 2.29. The van der Waals surface area contributed by atoms with Crippen molar-refractivity contribution in [2.45, 2.75) is 26.3 Å². The lowest BCUT2D eigenvalue weighted by atomic mass is 9.89. The highest BCUT2D eigenvalue weighted by molar-refractivity contribution is 4.88. The second kappa shape index (κ2) is 3.55. The molecular weight excluding hydrogens is 136 g/mol. The Kier molecular flexibility index (Phi) is 2.90. The molecule has 2 N–H and O–H groups in total. The average Bonchev–Trinajstić information content (AvgIpc) is 2.28. The third-order valence-corrected chi connectivity index (χ3v) is 3.22. The van der Waals surface area contributed by atoms with Gasteiger partial charge in [0, 0.05) is 12.6 Å². The van der Waals surface area contributed by atoms with E-state index >= 15 is 0 Å². The summed E-state index contributed by atoms with van der Waals surface area (Å²) < 4.78 is 0. The van der Waals surface area contributed by atoms with Gasteiger partial charge in [-0.3, -0.25) is 0 Å². The van der Waals surface area contributed by atoms with Gasteiger partial charge in [-0.2, -0.15) is 0 Å². The SMILES string of the molecule is CCC1C(CN)CN(C)C1C. The van der Waals surface area contributed by atoms with Crippen LogP contribution < -0.4 is 5.73 Å². The number of nitrogens with two attached hydrogens (primary N) is 1. The van der Waals surface area contributed by atoms with Gasteiger partial charge in [-0.05, 0) is 32.4 Å². The van der Waals surface area contributed by atoms with Crippen LogP contribution in [-0.2, 0) is 0 Å². The van der Waals surface area contributed by atoms with E-state index in [9.17, 15) is 0 Å². The minimum Gasteiger partial charge on any atom is -0.330 e. The van der Waals surface area contributed by atoms with Gasteiger partial charge in [0.25, 0.3) is 0 Å². The number of hydrogen-bond donors (Lipinski definition) is 1. The van der Waals surface area contributed by atoms with E-state index in [4.69, 9.17) is 5.73 Å². The summed E-state index contributed by atoms with van der Waals surface area (Å²) in [5, 5.41) is 0. The van der Waals surface area contributed by atoms with Crippen molar-refractivity contribution in [2.24, 2.45) is 17.6 Å². The van der Waals surface area contributed by atoms with Gasteiger partial charge < -0.3 is 10.6 Å². The van der Waals surface area contributed by atoms with Gasteiger partial charge in [0.05, 0.1) is 0 Å². The van der Waals surface area contributed by atoms with E-state index in [0.29, 0.717) is 0 Å². The minimum atomic E-state index is 0.730. The Morgan fingerprint density at radius 2 is 2.18 bits per heavy atom. The largest absolute Gasteiger partial charge is 0.330 e. The van der Waals surface area contributed by atoms with E-state index in [2.05, 4.69) is 25.8 Å². The summed E-state index contributed by atoms with van der Waals surface area (Å²) in [6.07, 6.45) is 1.27. The van der Waals surface area contributed by atoms with E-state index in [-0.39, 0.29) is 0 Å². The van der Waals surface area contributed by atoms with Crippen LogP contribution >= 0.6 is 0 Å². The third-order valence-electron chi connectivity index (χ3n) is 3.22. The van der Waals surface area contributed by atoms with Gasteiger partial charge >= 0.3 is 0 Å². The zero-order valence-corrected chi connectivity index (χ0v) is 7.88. The third kappa shape index (κ3) is 1.57. The molecule has 1 saturated heterocycles. The maximum Gasteiger partial charge on any atom is 0.00957 e. The molecule has 0 aromatic heterocycles. The molecule has 1 aliphatic heterocycles. The Balaban J connectivity index is 2.57. The smallest absolute Gasteiger partial charge is 0.00957 e. The fourth-order valence-electron chi connectivity index (χ4n) is 2.32. The highest BCUT2D eigenvalue weighted by Gasteiger charge is 2.34. The maximum atomic E-state index is 5.70. The minimum absolute atomic E-state index is 0.730. The molecule has 0 amide bonds. The van der Waals surface area contributed by atoms with E-state index in [1.807, 2.05) is 0 Å². The second-order valence-corrected chi connectivity index (χ2v) is 3.75. The summed E-state index contributed by atoms with van der Waals surface area (Å²) in [6.45, 7) is 6.62. The van der Waals surface area contributed by atoms with Gasteiger partial charge in [0.15, 0.2) is 0 Å². The Bertz CT molecular complexity index is 125. The molecule has 66 valence electrons. The summed E-state index contributed by atoms with van der Waals surface area (Å²) in [4.78, 5) is 2.42. The lowest BCUT2D eigenvalue weighted by molar-refractivity contribution is 0.286. The van der Waals surface area contributed by atoms with Crippen molar-refractivity contribution in [3.05, 3.63) is 0 Å². The summed E-state index contributed by atoms with van der Waals surface area (Å²) >= 11 is 0. The van der Waals surface area contributed by atoms with Gasteiger partial charge in [-0.1, -0.05) is 13.3 Å². The average molecular weight is 156 g/mol. The first-order chi connectivity index (χ1) is 5.20. The summed E-state index contributed by atoms with van der Waals surface area (Å²) in [6, 6.07) is 0.730. The van der Waals surface area contributed by atoms with Gasteiger partial charge in [0.1, 0.15) is 0 Å². The molecule has 0 aliphatic carbocycles. The lowest BCUT2D eigenvalue weighted by Crippen LogP contribution is -2.26. The molecule has 1 rings (SSSR count). The van der Waals surface area contributed by atoms with Crippen LogP contribution in [0.3, 0.4) is 0 Å². The Labute approximate surface area is 69.8 Å². The molecule has 3 atom stereocenters. The molecule has 2 nitrogen and oxygen atoms in total. The van der Waals surface area contributed by atoms with Crippen LogP contribution in [0.5, 0.6) is 0 Å². The maximum absolute atomic E-state index is 5.70. The molecule has 0 aromatic rings. The number of rotatable bonds is 2. The summed E-state index contributed by atoms with van der Waals surface area (Å²) in [7, 11) is 2.20. The van der Waals surface area contributed by atoms with Crippen molar-refractivity contribution in [3.8, 4) is 0 Å². The second-order valence-electron chi connectivity index (χ2n) is 3.75. The molecule has 0 saturated carbocycles. The molecule has 11 heavy (non-hydrogen) atoms. The normalized spacial score (nSPS) is 39.8. The fraction of sp³-hybridized carbons (Fsp3) is 1.00. The van der Waals surface area contributed by atoms with Crippen LogP contribution in [0.4, 0.5) is 0 Å². The highest BCUT2D eigenvalue weighted by atomic mass is 15.2. The molecule has 1 aliphatic rings. The first kappa shape index (κ1) is 9.01. The van der Waals surface area contributed by atoms with Crippen molar-refractivity contribution >= 4 is 0 Å². The van der Waals surface area contributed by atoms with Crippen molar-refractivity contribution in [1.82, 2.24) is 4.90 Å². The van der Waals surface area contributed by atoms with E-state index in [0.717, 1.165) is 24.4 Å². The van der Waals surface area contributed by atoms with Crippen LogP contribution in [-0.4, -0.2) is 31.1 Å². The fourth-order valence-corrected chi connectivity index (χ4v) is 2.32. The Morgan fingerprint density at radius 3 is 2.55 bits per heavy atom. The predicted octanol–water partition coefficient (Wildman–Crippen LogP) is 0.921. The zero-order valence-electron chi connectivity index (χ0n) is 7.88. The predicted molar refractivity (Wildman–Crippen MR) is 48.4 cm³/mol. The van der Waals surface area contributed by atoms with Crippen LogP contribution in [0.2, 0.25) is 0 Å². The van der Waals surface area contributed by atoms with Gasteiger partial charge in [-0.25, -0.2) is 0 Å². The molecule has 0 spiro atoms. The van der Waals surface area contributed by atoms with E-state index in [1.54, 1.807) is 0 Å². The van der Waals surface area contributed by atoms with Crippen molar-refractivity contribution in [1.29, 1.82) is 0 Å². The molecule has 0 bridgehead atoms. The van der Waals surface area contributed by atoms with Crippen LogP contribution in [0, 0.1) is 11.8 Å². The van der Waals surface area contributed by atoms with Crippen molar-refractivity contribution in [3.63, 3.8) is 0 Å². The van der Waals surface area contributed by atoms with Gasteiger partial charge in [0.2, 0.25) is 0 Å².